The Labute approximate surface area is 117 Å². The molecule has 1 rings (SSSR count). The van der Waals surface area contributed by atoms with Crippen molar-refractivity contribution in [3.63, 3.8) is 0 Å². The summed E-state index contributed by atoms with van der Waals surface area (Å²) < 4.78 is 10.5. The van der Waals surface area contributed by atoms with Gasteiger partial charge in [0.25, 0.3) is 0 Å². The second-order valence-electron chi connectivity index (χ2n) is 5.05. The van der Waals surface area contributed by atoms with Gasteiger partial charge in [-0.25, -0.2) is 0 Å². The molecule has 0 amide bonds. The van der Waals surface area contributed by atoms with Crippen molar-refractivity contribution in [3.05, 3.63) is 24.2 Å². The van der Waals surface area contributed by atoms with Crippen molar-refractivity contribution in [2.24, 2.45) is 0 Å². The summed E-state index contributed by atoms with van der Waals surface area (Å²) in [6.07, 6.45) is 2.87. The highest BCUT2D eigenvalue weighted by atomic mass is 16.5. The van der Waals surface area contributed by atoms with Crippen molar-refractivity contribution < 1.29 is 9.15 Å². The molecule has 0 spiro atoms. The van der Waals surface area contributed by atoms with Gasteiger partial charge >= 0.3 is 0 Å². The van der Waals surface area contributed by atoms with Crippen molar-refractivity contribution in [1.82, 2.24) is 10.2 Å². The SMILES string of the molecule is CCC(C)N(CCOC)C(C)CNCc1ccco1. The number of nitrogens with one attached hydrogen (secondary N) is 1. The molecule has 110 valence electrons. The Morgan fingerprint density at radius 3 is 2.74 bits per heavy atom. The van der Waals surface area contributed by atoms with E-state index in [0.29, 0.717) is 12.1 Å². The first kappa shape index (κ1) is 16.2. The minimum Gasteiger partial charge on any atom is -0.468 e. The van der Waals surface area contributed by atoms with Crippen LogP contribution in [0, 0.1) is 0 Å². The number of hydrogen-bond donors (Lipinski definition) is 1. The van der Waals surface area contributed by atoms with Crippen molar-refractivity contribution in [2.75, 3.05) is 26.8 Å². The summed E-state index contributed by atoms with van der Waals surface area (Å²) >= 11 is 0. The Morgan fingerprint density at radius 1 is 1.37 bits per heavy atom. The average Bonchev–Trinajstić information content (AvgIpc) is 2.92. The minimum atomic E-state index is 0.486. The molecule has 2 unspecified atom stereocenters. The standard InChI is InChI=1S/C15H28N2O2/c1-5-13(2)17(8-10-18-4)14(3)11-16-12-15-7-6-9-19-15/h6-7,9,13-14,16H,5,8,10-12H2,1-4H3. The van der Waals surface area contributed by atoms with E-state index in [1.807, 2.05) is 12.1 Å². The van der Waals surface area contributed by atoms with Crippen LogP contribution in [-0.2, 0) is 11.3 Å². The maximum Gasteiger partial charge on any atom is 0.117 e. The Balaban J connectivity index is 2.35. The summed E-state index contributed by atoms with van der Waals surface area (Å²) in [5, 5.41) is 3.45. The highest BCUT2D eigenvalue weighted by molar-refractivity contribution is 4.97. The molecule has 4 heteroatoms. The molecule has 0 aromatic carbocycles. The maximum absolute atomic E-state index is 5.31. The molecule has 1 aromatic rings. The molecule has 0 saturated heterocycles. The second-order valence-corrected chi connectivity index (χ2v) is 5.05. The molecule has 0 aliphatic rings. The summed E-state index contributed by atoms with van der Waals surface area (Å²) in [6, 6.07) is 4.98. The van der Waals surface area contributed by atoms with E-state index in [2.05, 4.69) is 31.0 Å². The summed E-state index contributed by atoms with van der Waals surface area (Å²) in [4.78, 5) is 2.50. The van der Waals surface area contributed by atoms with E-state index in [1.165, 1.54) is 0 Å². The minimum absolute atomic E-state index is 0.486. The van der Waals surface area contributed by atoms with Gasteiger partial charge in [-0.15, -0.1) is 0 Å². The van der Waals surface area contributed by atoms with Crippen LogP contribution in [0.4, 0.5) is 0 Å². The van der Waals surface area contributed by atoms with E-state index in [-0.39, 0.29) is 0 Å². The first-order valence-electron chi connectivity index (χ1n) is 7.16. The van der Waals surface area contributed by atoms with Crippen molar-refractivity contribution in [3.8, 4) is 0 Å². The van der Waals surface area contributed by atoms with Crippen LogP contribution in [0.3, 0.4) is 0 Å². The molecule has 0 aliphatic heterocycles. The topological polar surface area (TPSA) is 37.6 Å². The maximum atomic E-state index is 5.31. The second kappa shape index (κ2) is 9.13. The van der Waals surface area contributed by atoms with E-state index in [1.54, 1.807) is 13.4 Å². The van der Waals surface area contributed by atoms with Crippen LogP contribution in [0.1, 0.15) is 33.0 Å². The molecule has 0 radical (unpaired) electrons. The lowest BCUT2D eigenvalue weighted by Crippen LogP contribution is -2.46. The molecule has 0 fully saturated rings. The molecule has 0 saturated carbocycles. The van der Waals surface area contributed by atoms with Crippen LogP contribution < -0.4 is 5.32 Å². The highest BCUT2D eigenvalue weighted by Gasteiger charge is 2.18. The highest BCUT2D eigenvalue weighted by Crippen LogP contribution is 2.08. The summed E-state index contributed by atoms with van der Waals surface area (Å²) in [5.41, 5.74) is 0. The van der Waals surface area contributed by atoms with Gasteiger partial charge in [0.15, 0.2) is 0 Å². The fraction of sp³-hybridized carbons (Fsp3) is 0.733. The average molecular weight is 268 g/mol. The molecule has 1 heterocycles. The van der Waals surface area contributed by atoms with Gasteiger partial charge < -0.3 is 14.5 Å². The zero-order chi connectivity index (χ0) is 14.1. The first-order valence-corrected chi connectivity index (χ1v) is 7.16. The first-order chi connectivity index (χ1) is 9.19. The third-order valence-corrected chi connectivity index (χ3v) is 3.60. The van der Waals surface area contributed by atoms with E-state index < -0.39 is 0 Å². The van der Waals surface area contributed by atoms with Crippen LogP contribution in [0.15, 0.2) is 22.8 Å². The number of nitrogens with zero attached hydrogens (tertiary/aromatic N) is 1. The zero-order valence-electron chi connectivity index (χ0n) is 12.7. The normalized spacial score (nSPS) is 14.8. The Kier molecular flexibility index (Phi) is 7.79. The van der Waals surface area contributed by atoms with Gasteiger partial charge in [0.05, 0.1) is 19.4 Å². The van der Waals surface area contributed by atoms with Gasteiger partial charge in [-0.05, 0) is 32.4 Å². The number of hydrogen-bond acceptors (Lipinski definition) is 4. The number of ether oxygens (including phenoxy) is 1. The third-order valence-electron chi connectivity index (χ3n) is 3.60. The lowest BCUT2D eigenvalue weighted by molar-refractivity contribution is 0.0932. The van der Waals surface area contributed by atoms with Crippen molar-refractivity contribution in [2.45, 2.75) is 45.8 Å². The predicted molar refractivity (Wildman–Crippen MR) is 78.2 cm³/mol. The van der Waals surface area contributed by atoms with Crippen LogP contribution in [0.5, 0.6) is 0 Å². The lowest BCUT2D eigenvalue weighted by Gasteiger charge is -2.34. The van der Waals surface area contributed by atoms with Crippen molar-refractivity contribution >= 4 is 0 Å². The van der Waals surface area contributed by atoms with E-state index in [4.69, 9.17) is 9.15 Å². The van der Waals surface area contributed by atoms with Crippen LogP contribution in [-0.4, -0.2) is 43.8 Å². The Morgan fingerprint density at radius 2 is 2.16 bits per heavy atom. The zero-order valence-corrected chi connectivity index (χ0v) is 12.7. The molecular weight excluding hydrogens is 240 g/mol. The fourth-order valence-corrected chi connectivity index (χ4v) is 2.24. The summed E-state index contributed by atoms with van der Waals surface area (Å²) in [6.45, 7) is 10.3. The molecule has 4 nitrogen and oxygen atoms in total. The molecule has 19 heavy (non-hydrogen) atoms. The van der Waals surface area contributed by atoms with Crippen LogP contribution >= 0.6 is 0 Å². The number of rotatable bonds is 10. The van der Waals surface area contributed by atoms with Crippen LogP contribution in [0.25, 0.3) is 0 Å². The largest absolute Gasteiger partial charge is 0.468 e. The lowest BCUT2D eigenvalue weighted by atomic mass is 10.1. The van der Waals surface area contributed by atoms with Gasteiger partial charge in [-0.2, -0.15) is 0 Å². The van der Waals surface area contributed by atoms with Crippen LogP contribution in [0.2, 0.25) is 0 Å². The van der Waals surface area contributed by atoms with Gasteiger partial charge in [-0.1, -0.05) is 6.92 Å². The molecule has 0 aliphatic carbocycles. The van der Waals surface area contributed by atoms with Gasteiger partial charge in [-0.3, -0.25) is 4.90 Å². The van der Waals surface area contributed by atoms with Gasteiger partial charge in [0.2, 0.25) is 0 Å². The summed E-state index contributed by atoms with van der Waals surface area (Å²) in [7, 11) is 1.76. The molecule has 1 N–H and O–H groups in total. The van der Waals surface area contributed by atoms with E-state index in [0.717, 1.165) is 38.4 Å². The van der Waals surface area contributed by atoms with Gasteiger partial charge in [0, 0.05) is 32.3 Å². The molecule has 1 aromatic heterocycles. The molecule has 2 atom stereocenters. The molecular formula is C15H28N2O2. The Hall–Kier alpha value is -0.840. The van der Waals surface area contributed by atoms with E-state index in [9.17, 15) is 0 Å². The fourth-order valence-electron chi connectivity index (χ4n) is 2.24. The third kappa shape index (κ3) is 5.76. The summed E-state index contributed by atoms with van der Waals surface area (Å²) in [5.74, 6) is 0.985. The quantitative estimate of drug-likeness (QED) is 0.707. The predicted octanol–water partition coefficient (Wildman–Crippen LogP) is 2.50. The van der Waals surface area contributed by atoms with Crippen molar-refractivity contribution in [1.29, 1.82) is 0 Å². The monoisotopic (exact) mass is 268 g/mol. The Bertz CT molecular complexity index is 314. The number of furan rings is 1. The molecule has 0 bridgehead atoms. The van der Waals surface area contributed by atoms with E-state index >= 15 is 0 Å². The number of methoxy groups -OCH3 is 1. The smallest absolute Gasteiger partial charge is 0.117 e. The van der Waals surface area contributed by atoms with Gasteiger partial charge in [0.1, 0.15) is 5.76 Å².